The third-order valence-electron chi connectivity index (χ3n) is 4.42. The number of hydrogen-bond donors (Lipinski definition) is 1. The van der Waals surface area contributed by atoms with Crippen LogP contribution in [0.15, 0.2) is 0 Å². The monoisotopic (exact) mass is 224 g/mol. The number of rotatable bonds is 6. The number of nitrogens with zero attached hydrogens (tertiary/aromatic N) is 1. The SMILES string of the molecule is CC(CNCC1CCCCC1)N(C)C1CC1. The number of hydrogen-bond acceptors (Lipinski definition) is 2. The van der Waals surface area contributed by atoms with E-state index in [0.717, 1.165) is 12.0 Å². The first-order valence-corrected chi connectivity index (χ1v) is 7.20. The van der Waals surface area contributed by atoms with Gasteiger partial charge in [-0.25, -0.2) is 0 Å². The molecule has 0 aromatic heterocycles. The zero-order valence-corrected chi connectivity index (χ0v) is 11.0. The average Bonchev–Trinajstić information content (AvgIpc) is 3.13. The van der Waals surface area contributed by atoms with Crippen molar-refractivity contribution in [3.63, 3.8) is 0 Å². The van der Waals surface area contributed by atoms with Crippen molar-refractivity contribution in [2.45, 2.75) is 64.0 Å². The Labute approximate surface area is 101 Å². The van der Waals surface area contributed by atoms with Crippen LogP contribution in [0.25, 0.3) is 0 Å². The van der Waals surface area contributed by atoms with Crippen LogP contribution in [0.1, 0.15) is 51.9 Å². The quantitative estimate of drug-likeness (QED) is 0.746. The van der Waals surface area contributed by atoms with E-state index in [2.05, 4.69) is 24.2 Å². The summed E-state index contributed by atoms with van der Waals surface area (Å²) in [5.41, 5.74) is 0. The standard InChI is InChI=1S/C14H28N2/c1-12(16(2)14-8-9-14)10-15-11-13-6-4-3-5-7-13/h12-15H,3-11H2,1-2H3. The van der Waals surface area contributed by atoms with E-state index in [1.54, 1.807) is 0 Å². The van der Waals surface area contributed by atoms with Gasteiger partial charge in [0.25, 0.3) is 0 Å². The second kappa shape index (κ2) is 6.02. The summed E-state index contributed by atoms with van der Waals surface area (Å²) < 4.78 is 0. The number of nitrogens with one attached hydrogen (secondary N) is 1. The molecule has 2 heteroatoms. The maximum atomic E-state index is 3.68. The van der Waals surface area contributed by atoms with Crippen LogP contribution in [0, 0.1) is 5.92 Å². The first kappa shape index (κ1) is 12.4. The normalized spacial score (nSPS) is 24.9. The van der Waals surface area contributed by atoms with Crippen LogP contribution < -0.4 is 5.32 Å². The molecule has 0 aromatic rings. The molecule has 2 saturated carbocycles. The Kier molecular flexibility index (Phi) is 4.66. The molecule has 2 aliphatic rings. The predicted molar refractivity (Wildman–Crippen MR) is 69.7 cm³/mol. The van der Waals surface area contributed by atoms with E-state index in [4.69, 9.17) is 0 Å². The summed E-state index contributed by atoms with van der Waals surface area (Å²) in [6.45, 7) is 4.78. The highest BCUT2D eigenvalue weighted by molar-refractivity contribution is 4.85. The maximum Gasteiger partial charge on any atom is 0.0192 e. The molecule has 2 rings (SSSR count). The molecule has 1 atom stereocenters. The summed E-state index contributed by atoms with van der Waals surface area (Å²) in [6, 6.07) is 1.60. The molecule has 2 aliphatic carbocycles. The second-order valence-corrected chi connectivity index (χ2v) is 5.91. The highest BCUT2D eigenvalue weighted by atomic mass is 15.2. The number of likely N-dealkylation sites (N-methyl/N-ethyl adjacent to an activating group) is 1. The smallest absolute Gasteiger partial charge is 0.0192 e. The summed E-state index contributed by atoms with van der Waals surface area (Å²) in [7, 11) is 2.28. The lowest BCUT2D eigenvalue weighted by Crippen LogP contribution is -2.40. The molecule has 16 heavy (non-hydrogen) atoms. The highest BCUT2D eigenvalue weighted by Crippen LogP contribution is 2.27. The Balaban J connectivity index is 1.55. The molecule has 0 radical (unpaired) electrons. The van der Waals surface area contributed by atoms with Gasteiger partial charge in [-0.2, -0.15) is 0 Å². The van der Waals surface area contributed by atoms with Crippen LogP contribution in [-0.4, -0.2) is 37.1 Å². The van der Waals surface area contributed by atoms with E-state index in [1.807, 2.05) is 0 Å². The molecule has 0 spiro atoms. The van der Waals surface area contributed by atoms with E-state index >= 15 is 0 Å². The van der Waals surface area contributed by atoms with Crippen molar-refractivity contribution in [2.75, 3.05) is 20.1 Å². The lowest BCUT2D eigenvalue weighted by Gasteiger charge is -2.27. The molecule has 94 valence electrons. The second-order valence-electron chi connectivity index (χ2n) is 5.91. The fourth-order valence-electron chi connectivity index (χ4n) is 2.87. The zero-order chi connectivity index (χ0) is 11.4. The Morgan fingerprint density at radius 2 is 1.81 bits per heavy atom. The summed E-state index contributed by atoms with van der Waals surface area (Å²) in [5.74, 6) is 0.965. The van der Waals surface area contributed by atoms with Gasteiger partial charge in [0.2, 0.25) is 0 Å². The van der Waals surface area contributed by atoms with Gasteiger partial charge in [-0.3, -0.25) is 4.90 Å². The lowest BCUT2D eigenvalue weighted by molar-refractivity contribution is 0.234. The summed E-state index contributed by atoms with van der Waals surface area (Å²) in [5, 5.41) is 3.68. The van der Waals surface area contributed by atoms with Crippen LogP contribution in [0.5, 0.6) is 0 Å². The molecule has 0 amide bonds. The minimum absolute atomic E-state index is 0.705. The van der Waals surface area contributed by atoms with E-state index < -0.39 is 0 Å². The molecular weight excluding hydrogens is 196 g/mol. The molecular formula is C14H28N2. The van der Waals surface area contributed by atoms with Gasteiger partial charge >= 0.3 is 0 Å². The van der Waals surface area contributed by atoms with Crippen LogP contribution in [0.3, 0.4) is 0 Å². The Bertz CT molecular complexity index is 195. The lowest BCUT2D eigenvalue weighted by atomic mass is 9.89. The van der Waals surface area contributed by atoms with Crippen LogP contribution in [-0.2, 0) is 0 Å². The van der Waals surface area contributed by atoms with E-state index in [9.17, 15) is 0 Å². The van der Waals surface area contributed by atoms with Crippen molar-refractivity contribution >= 4 is 0 Å². The zero-order valence-electron chi connectivity index (χ0n) is 11.0. The van der Waals surface area contributed by atoms with Gasteiger partial charge in [0, 0.05) is 18.6 Å². The topological polar surface area (TPSA) is 15.3 Å². The largest absolute Gasteiger partial charge is 0.315 e. The maximum absolute atomic E-state index is 3.68. The third kappa shape index (κ3) is 3.74. The van der Waals surface area contributed by atoms with Gasteiger partial charge in [0.1, 0.15) is 0 Å². The summed E-state index contributed by atoms with van der Waals surface area (Å²) in [4.78, 5) is 2.55. The average molecular weight is 224 g/mol. The molecule has 0 aliphatic heterocycles. The molecule has 0 saturated heterocycles. The summed E-state index contributed by atoms with van der Waals surface area (Å²) in [6.07, 6.45) is 10.2. The van der Waals surface area contributed by atoms with E-state index in [-0.39, 0.29) is 0 Å². The summed E-state index contributed by atoms with van der Waals surface area (Å²) >= 11 is 0. The fraction of sp³-hybridized carbons (Fsp3) is 1.00. The van der Waals surface area contributed by atoms with Crippen molar-refractivity contribution in [1.29, 1.82) is 0 Å². The van der Waals surface area contributed by atoms with Crippen LogP contribution >= 0.6 is 0 Å². The van der Waals surface area contributed by atoms with Gasteiger partial charge in [-0.15, -0.1) is 0 Å². The Hall–Kier alpha value is -0.0800. The molecule has 0 bridgehead atoms. The minimum Gasteiger partial charge on any atom is -0.315 e. The molecule has 2 fully saturated rings. The van der Waals surface area contributed by atoms with Gasteiger partial charge in [-0.05, 0) is 52.1 Å². The van der Waals surface area contributed by atoms with Crippen molar-refractivity contribution in [3.8, 4) is 0 Å². The van der Waals surface area contributed by atoms with Crippen LogP contribution in [0.2, 0.25) is 0 Å². The minimum atomic E-state index is 0.705. The fourth-order valence-corrected chi connectivity index (χ4v) is 2.87. The van der Waals surface area contributed by atoms with Gasteiger partial charge in [-0.1, -0.05) is 19.3 Å². The first-order chi connectivity index (χ1) is 7.77. The van der Waals surface area contributed by atoms with E-state index in [0.29, 0.717) is 6.04 Å². The van der Waals surface area contributed by atoms with Crippen molar-refractivity contribution in [3.05, 3.63) is 0 Å². The van der Waals surface area contributed by atoms with Crippen LogP contribution in [0.4, 0.5) is 0 Å². The van der Waals surface area contributed by atoms with Crippen molar-refractivity contribution < 1.29 is 0 Å². The molecule has 0 aromatic carbocycles. The van der Waals surface area contributed by atoms with Gasteiger partial charge in [0.15, 0.2) is 0 Å². The molecule has 2 nitrogen and oxygen atoms in total. The van der Waals surface area contributed by atoms with Gasteiger partial charge < -0.3 is 5.32 Å². The Morgan fingerprint density at radius 1 is 1.12 bits per heavy atom. The van der Waals surface area contributed by atoms with Crippen molar-refractivity contribution in [1.82, 2.24) is 10.2 Å². The Morgan fingerprint density at radius 3 is 2.44 bits per heavy atom. The van der Waals surface area contributed by atoms with Crippen molar-refractivity contribution in [2.24, 2.45) is 5.92 Å². The predicted octanol–water partition coefficient (Wildman–Crippen LogP) is 2.64. The molecule has 1 N–H and O–H groups in total. The first-order valence-electron chi connectivity index (χ1n) is 7.20. The van der Waals surface area contributed by atoms with E-state index in [1.165, 1.54) is 58.0 Å². The molecule has 0 heterocycles. The highest BCUT2D eigenvalue weighted by Gasteiger charge is 2.28. The molecule has 1 unspecified atom stereocenters. The van der Waals surface area contributed by atoms with Gasteiger partial charge in [0.05, 0.1) is 0 Å². The third-order valence-corrected chi connectivity index (χ3v) is 4.42.